The molecular weight excluding hydrogens is 405 g/mol. The fourth-order valence-electron chi connectivity index (χ4n) is 3.23. The molecule has 1 aromatic heterocycles. The maximum Gasteiger partial charge on any atom is 0.253 e. The van der Waals surface area contributed by atoms with Crippen LogP contribution in [0, 0.1) is 0 Å². The van der Waals surface area contributed by atoms with E-state index in [0.717, 1.165) is 15.9 Å². The van der Waals surface area contributed by atoms with Gasteiger partial charge in [0.1, 0.15) is 5.52 Å². The Morgan fingerprint density at radius 1 is 1.07 bits per heavy atom. The molecule has 140 valence electrons. The summed E-state index contributed by atoms with van der Waals surface area (Å²) in [6, 6.07) is 10.8. The van der Waals surface area contributed by atoms with Crippen molar-refractivity contribution in [3.8, 4) is 0 Å². The molecule has 3 N–H and O–H groups in total. The minimum Gasteiger partial charge on any atom is -0.365 e. The molecule has 2 aromatic carbocycles. The maximum atomic E-state index is 12.7. The molecule has 1 aliphatic rings. The van der Waals surface area contributed by atoms with E-state index in [0.29, 0.717) is 46.9 Å². The largest absolute Gasteiger partial charge is 0.365 e. The van der Waals surface area contributed by atoms with Crippen LogP contribution in [-0.4, -0.2) is 42.0 Å². The van der Waals surface area contributed by atoms with Crippen molar-refractivity contribution >= 4 is 61.5 Å². The van der Waals surface area contributed by atoms with Gasteiger partial charge in [0.05, 0.1) is 15.4 Å². The van der Waals surface area contributed by atoms with E-state index in [4.69, 9.17) is 29.0 Å². The number of hydrogen-bond acceptors (Lipinski definition) is 6. The highest BCUT2D eigenvalue weighted by molar-refractivity contribution is 7.22. The van der Waals surface area contributed by atoms with Crippen molar-refractivity contribution in [2.24, 2.45) is 5.84 Å². The summed E-state index contributed by atoms with van der Waals surface area (Å²) >= 11 is 13.9. The van der Waals surface area contributed by atoms with Gasteiger partial charge in [-0.15, -0.1) is 0 Å². The predicted octanol–water partition coefficient (Wildman–Crippen LogP) is 3.85. The Hall–Kier alpha value is -2.06. The molecule has 6 nitrogen and oxygen atoms in total. The predicted molar refractivity (Wildman–Crippen MR) is 112 cm³/mol. The summed E-state index contributed by atoms with van der Waals surface area (Å²) in [6.45, 7) is 2.59. The fourth-order valence-corrected chi connectivity index (χ4v) is 4.40. The van der Waals surface area contributed by atoms with Crippen LogP contribution in [0.15, 0.2) is 36.4 Å². The smallest absolute Gasteiger partial charge is 0.253 e. The molecule has 2 heterocycles. The van der Waals surface area contributed by atoms with Gasteiger partial charge in [-0.25, -0.2) is 10.8 Å². The first-order chi connectivity index (χ1) is 13.1. The van der Waals surface area contributed by atoms with Gasteiger partial charge in [-0.1, -0.05) is 34.5 Å². The molecule has 27 heavy (non-hydrogen) atoms. The number of carbonyl (C=O) groups is 1. The van der Waals surface area contributed by atoms with E-state index in [2.05, 4.69) is 15.3 Å². The average Bonchev–Trinajstić information content (AvgIpc) is 3.11. The molecule has 4 rings (SSSR count). The molecule has 0 radical (unpaired) electrons. The van der Waals surface area contributed by atoms with Crippen LogP contribution in [0.3, 0.4) is 0 Å². The van der Waals surface area contributed by atoms with Crippen LogP contribution in [0.5, 0.6) is 0 Å². The first-order valence-corrected chi connectivity index (χ1v) is 9.99. The molecule has 0 unspecified atom stereocenters. The van der Waals surface area contributed by atoms with Crippen LogP contribution in [0.25, 0.3) is 10.2 Å². The number of carbonyl (C=O) groups excluding carboxylic acids is 1. The van der Waals surface area contributed by atoms with Gasteiger partial charge in [0, 0.05) is 36.8 Å². The molecule has 3 aromatic rings. The second kappa shape index (κ2) is 7.52. The van der Waals surface area contributed by atoms with Crippen molar-refractivity contribution < 1.29 is 4.79 Å². The summed E-state index contributed by atoms with van der Waals surface area (Å²) in [5.74, 6) is 5.51. The Bertz CT molecular complexity index is 983. The highest BCUT2D eigenvalue weighted by Crippen LogP contribution is 2.38. The van der Waals surface area contributed by atoms with Crippen molar-refractivity contribution in [1.29, 1.82) is 0 Å². The van der Waals surface area contributed by atoms with Crippen molar-refractivity contribution in [2.75, 3.05) is 36.5 Å². The number of nitrogen functional groups attached to an aromatic ring is 1. The van der Waals surface area contributed by atoms with E-state index < -0.39 is 0 Å². The van der Waals surface area contributed by atoms with Gasteiger partial charge in [0.25, 0.3) is 5.91 Å². The zero-order valence-electron chi connectivity index (χ0n) is 14.3. The van der Waals surface area contributed by atoms with Gasteiger partial charge in [-0.3, -0.25) is 10.2 Å². The third-order valence-corrected chi connectivity index (χ3v) is 6.09. The SMILES string of the molecule is NNc1nc2c(N3CCN(C(=O)c4ccc(Cl)cc4)CC3)c(Cl)ccc2s1. The molecule has 1 amide bonds. The van der Waals surface area contributed by atoms with Crippen molar-refractivity contribution in [1.82, 2.24) is 9.88 Å². The first kappa shape index (κ1) is 18.3. The van der Waals surface area contributed by atoms with Crippen LogP contribution in [0.2, 0.25) is 10.0 Å². The van der Waals surface area contributed by atoms with Gasteiger partial charge >= 0.3 is 0 Å². The molecule has 1 fully saturated rings. The summed E-state index contributed by atoms with van der Waals surface area (Å²) in [4.78, 5) is 21.2. The quantitative estimate of drug-likeness (QED) is 0.496. The number of anilines is 2. The second-order valence-electron chi connectivity index (χ2n) is 6.19. The first-order valence-electron chi connectivity index (χ1n) is 8.42. The maximum absolute atomic E-state index is 12.7. The number of amides is 1. The lowest BCUT2D eigenvalue weighted by atomic mass is 10.1. The Morgan fingerprint density at radius 3 is 2.44 bits per heavy atom. The number of piperazine rings is 1. The minimum absolute atomic E-state index is 0.0129. The summed E-state index contributed by atoms with van der Waals surface area (Å²) in [6.07, 6.45) is 0. The van der Waals surface area contributed by atoms with Crippen LogP contribution < -0.4 is 16.2 Å². The Morgan fingerprint density at radius 2 is 1.78 bits per heavy atom. The number of halogens is 2. The number of nitrogens with two attached hydrogens (primary N) is 1. The highest BCUT2D eigenvalue weighted by atomic mass is 35.5. The number of nitrogens with one attached hydrogen (secondary N) is 1. The fraction of sp³-hybridized carbons (Fsp3) is 0.222. The van der Waals surface area contributed by atoms with E-state index in [9.17, 15) is 4.79 Å². The molecule has 1 saturated heterocycles. The number of benzene rings is 2. The lowest BCUT2D eigenvalue weighted by Gasteiger charge is -2.36. The summed E-state index contributed by atoms with van der Waals surface area (Å²) in [7, 11) is 0. The molecule has 1 aliphatic heterocycles. The van der Waals surface area contributed by atoms with Crippen LogP contribution in [0.1, 0.15) is 10.4 Å². The van der Waals surface area contributed by atoms with Crippen molar-refractivity contribution in [3.63, 3.8) is 0 Å². The van der Waals surface area contributed by atoms with Crippen molar-refractivity contribution in [3.05, 3.63) is 52.0 Å². The zero-order valence-corrected chi connectivity index (χ0v) is 16.6. The average molecular weight is 422 g/mol. The number of rotatable bonds is 3. The summed E-state index contributed by atoms with van der Waals surface area (Å²) < 4.78 is 1.02. The van der Waals surface area contributed by atoms with Gasteiger partial charge < -0.3 is 9.80 Å². The topological polar surface area (TPSA) is 74.5 Å². The number of aromatic nitrogens is 1. The van der Waals surface area contributed by atoms with E-state index >= 15 is 0 Å². The van der Waals surface area contributed by atoms with Gasteiger partial charge in [-0.2, -0.15) is 0 Å². The lowest BCUT2D eigenvalue weighted by molar-refractivity contribution is 0.0747. The lowest BCUT2D eigenvalue weighted by Crippen LogP contribution is -2.49. The van der Waals surface area contributed by atoms with Gasteiger partial charge in [0.15, 0.2) is 5.13 Å². The number of fused-ring (bicyclic) bond motifs is 1. The zero-order chi connectivity index (χ0) is 19.0. The number of thiazole rings is 1. The van der Waals surface area contributed by atoms with E-state index in [-0.39, 0.29) is 5.91 Å². The van der Waals surface area contributed by atoms with Crippen LogP contribution >= 0.6 is 34.5 Å². The number of hydrogen-bond donors (Lipinski definition) is 2. The molecule has 0 atom stereocenters. The van der Waals surface area contributed by atoms with Crippen LogP contribution in [-0.2, 0) is 0 Å². The molecule has 9 heteroatoms. The van der Waals surface area contributed by atoms with Gasteiger partial charge in [-0.05, 0) is 36.4 Å². The Balaban J connectivity index is 1.53. The second-order valence-corrected chi connectivity index (χ2v) is 8.07. The molecular formula is C18H17Cl2N5OS. The third kappa shape index (κ3) is 3.55. The Labute approximate surface area is 170 Å². The third-order valence-electron chi connectivity index (χ3n) is 4.58. The van der Waals surface area contributed by atoms with Crippen molar-refractivity contribution in [2.45, 2.75) is 0 Å². The monoisotopic (exact) mass is 421 g/mol. The summed E-state index contributed by atoms with van der Waals surface area (Å²) in [5.41, 5.74) is 4.96. The van der Waals surface area contributed by atoms with E-state index in [1.165, 1.54) is 11.3 Å². The molecule has 0 spiro atoms. The standard InChI is InChI=1S/C18H17Cl2N5OS/c19-12-3-1-11(2-4-12)17(26)25-9-7-24(8-10-25)16-13(20)5-6-14-15(16)22-18(23-21)27-14/h1-6H,7-10,21H2,(H,22,23). The van der Waals surface area contributed by atoms with Crippen LogP contribution in [0.4, 0.5) is 10.8 Å². The number of hydrazine groups is 1. The highest BCUT2D eigenvalue weighted by Gasteiger charge is 2.25. The normalized spacial score (nSPS) is 14.6. The Kier molecular flexibility index (Phi) is 5.10. The number of nitrogens with zero attached hydrogens (tertiary/aromatic N) is 3. The summed E-state index contributed by atoms with van der Waals surface area (Å²) in [5, 5.41) is 1.91. The van der Waals surface area contributed by atoms with E-state index in [1.54, 1.807) is 24.3 Å². The van der Waals surface area contributed by atoms with E-state index in [1.807, 2.05) is 17.0 Å². The molecule has 0 saturated carbocycles. The minimum atomic E-state index is 0.0129. The molecule has 0 aliphatic carbocycles. The van der Waals surface area contributed by atoms with Gasteiger partial charge in [0.2, 0.25) is 0 Å². The molecule has 0 bridgehead atoms.